The molecule has 7 nitrogen and oxygen atoms in total. The second-order valence-corrected chi connectivity index (χ2v) is 7.34. The van der Waals surface area contributed by atoms with Crippen LogP contribution in [0, 0.1) is 0 Å². The van der Waals surface area contributed by atoms with Crippen molar-refractivity contribution in [3.05, 3.63) is 53.9 Å². The van der Waals surface area contributed by atoms with Gasteiger partial charge in [-0.2, -0.15) is 0 Å². The van der Waals surface area contributed by atoms with Crippen LogP contribution in [0.3, 0.4) is 0 Å². The fraction of sp³-hybridized carbons (Fsp3) is 0.333. The molecule has 1 aromatic heterocycles. The number of rotatable bonds is 9. The van der Waals surface area contributed by atoms with Gasteiger partial charge in [0, 0.05) is 6.20 Å². The number of aliphatic hydroxyl groups is 1. The van der Waals surface area contributed by atoms with E-state index in [1.807, 2.05) is 4.72 Å². The zero-order valence-corrected chi connectivity index (χ0v) is 15.3. The van der Waals surface area contributed by atoms with Crippen LogP contribution in [0.4, 0.5) is 0 Å². The Kier molecular flexibility index (Phi) is 7.11. The highest BCUT2D eigenvalue weighted by atomic mass is 32.2. The lowest BCUT2D eigenvalue weighted by Gasteiger charge is -2.09. The molecule has 0 aliphatic carbocycles. The lowest BCUT2D eigenvalue weighted by molar-refractivity contribution is 0.0981. The van der Waals surface area contributed by atoms with Gasteiger partial charge in [0.05, 0.1) is 29.4 Å². The van der Waals surface area contributed by atoms with Gasteiger partial charge in [-0.05, 0) is 42.8 Å². The summed E-state index contributed by atoms with van der Waals surface area (Å²) >= 11 is 0. The van der Waals surface area contributed by atoms with Crippen molar-refractivity contribution in [2.24, 2.45) is 0 Å². The molecule has 0 aliphatic rings. The predicted molar refractivity (Wildman–Crippen MR) is 96.3 cm³/mol. The van der Waals surface area contributed by atoms with E-state index in [0.29, 0.717) is 18.1 Å². The van der Waals surface area contributed by atoms with Gasteiger partial charge in [0.15, 0.2) is 0 Å². The molecule has 0 fully saturated rings. The number of carbonyl (C=O) groups excluding carboxylic acids is 1. The first-order valence-corrected chi connectivity index (χ1v) is 9.80. The van der Waals surface area contributed by atoms with Crippen LogP contribution < -0.4 is 9.46 Å². The standard InChI is InChI=1S/C18H22N2O5S/c1-2-3-4-11-25-16-7-9-17(10-8-16)26(23,24)20-18(22)14-5-6-15(13-21)19-12-14/h5-10,12,21H,2-4,11,13H2,1H3,(H,20,22). The van der Waals surface area contributed by atoms with Crippen molar-refractivity contribution in [3.8, 4) is 5.75 Å². The third kappa shape index (κ3) is 5.53. The molecule has 8 heteroatoms. The molecule has 0 saturated carbocycles. The molecule has 0 saturated heterocycles. The van der Waals surface area contributed by atoms with Crippen LogP contribution in [-0.2, 0) is 16.6 Å². The number of nitrogens with one attached hydrogen (secondary N) is 1. The van der Waals surface area contributed by atoms with Crippen LogP contribution in [0.25, 0.3) is 0 Å². The van der Waals surface area contributed by atoms with E-state index in [0.717, 1.165) is 19.3 Å². The fourth-order valence-corrected chi connectivity index (χ4v) is 3.12. The highest BCUT2D eigenvalue weighted by molar-refractivity contribution is 7.90. The third-order valence-corrected chi connectivity index (χ3v) is 4.97. The number of aromatic nitrogens is 1. The maximum absolute atomic E-state index is 12.3. The lowest BCUT2D eigenvalue weighted by atomic mass is 10.2. The van der Waals surface area contributed by atoms with Gasteiger partial charge in [0.25, 0.3) is 15.9 Å². The first-order valence-electron chi connectivity index (χ1n) is 8.32. The molecular weight excluding hydrogens is 356 g/mol. The number of aliphatic hydroxyl groups excluding tert-OH is 1. The van der Waals surface area contributed by atoms with Crippen LogP contribution >= 0.6 is 0 Å². The highest BCUT2D eigenvalue weighted by Gasteiger charge is 2.19. The van der Waals surface area contributed by atoms with Gasteiger partial charge in [-0.15, -0.1) is 0 Å². The van der Waals surface area contributed by atoms with Crippen LogP contribution in [0.2, 0.25) is 0 Å². The molecule has 140 valence electrons. The minimum absolute atomic E-state index is 0.0355. The summed E-state index contributed by atoms with van der Waals surface area (Å²) in [5, 5.41) is 8.94. The van der Waals surface area contributed by atoms with E-state index in [9.17, 15) is 13.2 Å². The van der Waals surface area contributed by atoms with Crippen LogP contribution in [-0.4, -0.2) is 31.0 Å². The molecule has 0 bridgehead atoms. The predicted octanol–water partition coefficient (Wildman–Crippen LogP) is 2.26. The number of sulfonamides is 1. The number of unbranched alkanes of at least 4 members (excludes halogenated alkanes) is 2. The Labute approximate surface area is 153 Å². The Morgan fingerprint density at radius 1 is 1.15 bits per heavy atom. The van der Waals surface area contributed by atoms with Gasteiger partial charge >= 0.3 is 0 Å². The highest BCUT2D eigenvalue weighted by Crippen LogP contribution is 2.16. The molecule has 2 aromatic rings. The van der Waals surface area contributed by atoms with Crippen LogP contribution in [0.5, 0.6) is 5.75 Å². The van der Waals surface area contributed by atoms with Gasteiger partial charge in [0.2, 0.25) is 0 Å². The molecule has 0 unspecified atom stereocenters. The Morgan fingerprint density at radius 2 is 1.88 bits per heavy atom. The summed E-state index contributed by atoms with van der Waals surface area (Å²) in [4.78, 5) is 15.9. The van der Waals surface area contributed by atoms with Gasteiger partial charge in [-0.1, -0.05) is 19.8 Å². The number of carbonyl (C=O) groups is 1. The largest absolute Gasteiger partial charge is 0.494 e. The number of hydrogen-bond acceptors (Lipinski definition) is 6. The Morgan fingerprint density at radius 3 is 2.46 bits per heavy atom. The molecule has 1 amide bonds. The molecule has 0 aliphatic heterocycles. The minimum Gasteiger partial charge on any atom is -0.494 e. The maximum Gasteiger partial charge on any atom is 0.266 e. The summed E-state index contributed by atoms with van der Waals surface area (Å²) in [5.41, 5.74) is 0.473. The van der Waals surface area contributed by atoms with Gasteiger partial charge < -0.3 is 9.84 Å². The maximum atomic E-state index is 12.3. The molecule has 2 rings (SSSR count). The summed E-state index contributed by atoms with van der Waals surface area (Å²) in [6.07, 6.45) is 4.32. The lowest BCUT2D eigenvalue weighted by Crippen LogP contribution is -2.30. The monoisotopic (exact) mass is 378 g/mol. The van der Waals surface area contributed by atoms with E-state index in [-0.39, 0.29) is 17.1 Å². The van der Waals surface area contributed by atoms with Gasteiger partial charge in [-0.3, -0.25) is 9.78 Å². The van der Waals surface area contributed by atoms with Crippen molar-refractivity contribution >= 4 is 15.9 Å². The molecule has 0 spiro atoms. The first kappa shape index (κ1) is 19.9. The Hall–Kier alpha value is -2.45. The van der Waals surface area contributed by atoms with Crippen molar-refractivity contribution in [1.82, 2.24) is 9.71 Å². The van der Waals surface area contributed by atoms with Crippen molar-refractivity contribution in [2.45, 2.75) is 37.7 Å². The van der Waals surface area contributed by atoms with E-state index in [2.05, 4.69) is 11.9 Å². The Balaban J connectivity index is 2.00. The smallest absolute Gasteiger partial charge is 0.266 e. The van der Waals surface area contributed by atoms with Crippen LogP contribution in [0.1, 0.15) is 42.2 Å². The molecule has 0 radical (unpaired) electrons. The van der Waals surface area contributed by atoms with E-state index in [4.69, 9.17) is 9.84 Å². The molecule has 26 heavy (non-hydrogen) atoms. The SMILES string of the molecule is CCCCCOc1ccc(S(=O)(=O)NC(=O)c2ccc(CO)nc2)cc1. The number of pyridine rings is 1. The van der Waals surface area contributed by atoms with E-state index < -0.39 is 15.9 Å². The molecule has 2 N–H and O–H groups in total. The average Bonchev–Trinajstić information content (AvgIpc) is 2.65. The van der Waals surface area contributed by atoms with Gasteiger partial charge in [0.1, 0.15) is 5.75 Å². The fourth-order valence-electron chi connectivity index (χ4n) is 2.15. The zero-order valence-electron chi connectivity index (χ0n) is 14.5. The van der Waals surface area contributed by atoms with Crippen molar-refractivity contribution in [1.29, 1.82) is 0 Å². The number of amides is 1. The number of hydrogen-bond donors (Lipinski definition) is 2. The quantitative estimate of drug-likeness (QED) is 0.649. The second kappa shape index (κ2) is 9.30. The summed E-state index contributed by atoms with van der Waals surface area (Å²) in [6.45, 7) is 2.42. The zero-order chi connectivity index (χ0) is 19.0. The third-order valence-electron chi connectivity index (χ3n) is 3.63. The van der Waals surface area contributed by atoms with E-state index >= 15 is 0 Å². The van der Waals surface area contributed by atoms with Crippen molar-refractivity contribution < 1.29 is 23.1 Å². The van der Waals surface area contributed by atoms with E-state index in [1.165, 1.54) is 30.5 Å². The van der Waals surface area contributed by atoms with Crippen molar-refractivity contribution in [3.63, 3.8) is 0 Å². The minimum atomic E-state index is -4.00. The van der Waals surface area contributed by atoms with E-state index in [1.54, 1.807) is 12.1 Å². The number of nitrogens with zero attached hydrogens (tertiary/aromatic N) is 1. The number of ether oxygens (including phenoxy) is 1. The summed E-state index contributed by atoms with van der Waals surface area (Å²) in [5.74, 6) is -0.211. The first-order chi connectivity index (χ1) is 12.5. The number of benzene rings is 1. The summed E-state index contributed by atoms with van der Waals surface area (Å²) < 4.78 is 32.2. The molecule has 1 aromatic carbocycles. The van der Waals surface area contributed by atoms with Gasteiger partial charge in [-0.25, -0.2) is 13.1 Å². The topological polar surface area (TPSA) is 106 Å². The molecule has 0 atom stereocenters. The van der Waals surface area contributed by atoms with Crippen molar-refractivity contribution in [2.75, 3.05) is 6.61 Å². The molecule has 1 heterocycles. The molecular formula is C18H22N2O5S. The second-order valence-electron chi connectivity index (χ2n) is 5.66. The van der Waals surface area contributed by atoms with Crippen LogP contribution in [0.15, 0.2) is 47.5 Å². The normalized spacial score (nSPS) is 11.2. The summed E-state index contributed by atoms with van der Waals surface area (Å²) in [7, 11) is -4.00. The average molecular weight is 378 g/mol. The summed E-state index contributed by atoms with van der Waals surface area (Å²) in [6, 6.07) is 8.74. The Bertz CT molecular complexity index is 818.